The molecule has 1 aromatic rings. The van der Waals surface area contributed by atoms with Crippen LogP contribution < -0.4 is 0 Å². The topological polar surface area (TPSA) is 54.5 Å². The lowest BCUT2D eigenvalue weighted by molar-refractivity contribution is 0.269. The van der Waals surface area contributed by atoms with Crippen molar-refractivity contribution in [3.63, 3.8) is 0 Å². The van der Waals surface area contributed by atoms with Crippen molar-refractivity contribution in [1.82, 2.24) is 15.0 Å². The molecule has 1 rings (SSSR count). The van der Waals surface area contributed by atoms with Gasteiger partial charge in [-0.05, 0) is 13.3 Å². The third kappa shape index (κ3) is 3.20. The molecule has 0 radical (unpaired) electrons. The fourth-order valence-electron chi connectivity index (χ4n) is 1.000. The first kappa shape index (κ1) is 9.65. The highest BCUT2D eigenvalue weighted by atomic mass is 19.1. The van der Waals surface area contributed by atoms with Crippen LogP contribution in [0.4, 0.5) is 4.39 Å². The lowest BCUT2D eigenvalue weighted by atomic mass is 10.2. The Morgan fingerprint density at radius 1 is 1.77 bits per heavy atom. The Morgan fingerprint density at radius 3 is 3.08 bits per heavy atom. The minimum Gasteiger partial charge on any atom is -0.249 e. The molecule has 5 heteroatoms. The number of hydrogen-bond donors (Lipinski definition) is 0. The zero-order valence-corrected chi connectivity index (χ0v) is 7.44. The largest absolute Gasteiger partial charge is 0.249 e. The zero-order chi connectivity index (χ0) is 9.68. The minimum absolute atomic E-state index is 0.183. The van der Waals surface area contributed by atoms with Crippen molar-refractivity contribution in [3.8, 4) is 6.07 Å². The molecule has 0 saturated heterocycles. The first-order chi connectivity index (χ1) is 6.22. The monoisotopic (exact) mass is 182 g/mol. The van der Waals surface area contributed by atoms with E-state index in [1.165, 1.54) is 4.68 Å². The second kappa shape index (κ2) is 4.55. The number of alkyl halides is 1. The van der Waals surface area contributed by atoms with Gasteiger partial charge >= 0.3 is 0 Å². The maximum absolute atomic E-state index is 13.0. The van der Waals surface area contributed by atoms with E-state index in [-0.39, 0.29) is 19.4 Å². The summed E-state index contributed by atoms with van der Waals surface area (Å²) >= 11 is 0. The SMILES string of the molecule is Cc1cn(CC(F)CCC#N)nn1. The lowest BCUT2D eigenvalue weighted by Gasteiger charge is -2.03. The van der Waals surface area contributed by atoms with Crippen molar-refractivity contribution in [3.05, 3.63) is 11.9 Å². The van der Waals surface area contributed by atoms with Gasteiger partial charge in [-0.25, -0.2) is 9.07 Å². The van der Waals surface area contributed by atoms with Crippen molar-refractivity contribution in [2.24, 2.45) is 0 Å². The minimum atomic E-state index is -1.01. The molecule has 4 nitrogen and oxygen atoms in total. The maximum Gasteiger partial charge on any atom is 0.121 e. The van der Waals surface area contributed by atoms with E-state index in [0.717, 1.165) is 5.69 Å². The summed E-state index contributed by atoms with van der Waals surface area (Å²) in [4.78, 5) is 0. The standard InChI is InChI=1S/C8H11FN4/c1-7-5-13(12-11-7)6-8(9)3-2-4-10/h5,8H,2-3,6H2,1H3. The molecule has 0 N–H and O–H groups in total. The molecular formula is C8H11FN4. The van der Waals surface area contributed by atoms with Gasteiger partial charge < -0.3 is 0 Å². The number of aromatic nitrogens is 3. The second-order valence-corrected chi connectivity index (χ2v) is 2.88. The smallest absolute Gasteiger partial charge is 0.121 e. The highest BCUT2D eigenvalue weighted by molar-refractivity contribution is 4.86. The van der Waals surface area contributed by atoms with Gasteiger partial charge in [0.05, 0.1) is 18.3 Å². The van der Waals surface area contributed by atoms with Gasteiger partial charge in [0.15, 0.2) is 0 Å². The van der Waals surface area contributed by atoms with E-state index in [0.29, 0.717) is 0 Å². The molecule has 0 fully saturated rings. The zero-order valence-electron chi connectivity index (χ0n) is 7.44. The van der Waals surface area contributed by atoms with E-state index in [2.05, 4.69) is 10.3 Å². The van der Waals surface area contributed by atoms with E-state index < -0.39 is 6.17 Å². The molecular weight excluding hydrogens is 171 g/mol. The molecule has 13 heavy (non-hydrogen) atoms. The summed E-state index contributed by atoms with van der Waals surface area (Å²) < 4.78 is 14.5. The summed E-state index contributed by atoms with van der Waals surface area (Å²) in [5.74, 6) is 0. The fourth-order valence-corrected chi connectivity index (χ4v) is 1.000. The van der Waals surface area contributed by atoms with Crippen LogP contribution in [0.1, 0.15) is 18.5 Å². The average Bonchev–Trinajstić information content (AvgIpc) is 2.48. The normalized spacial score (nSPS) is 12.4. The quantitative estimate of drug-likeness (QED) is 0.703. The molecule has 0 aliphatic rings. The average molecular weight is 182 g/mol. The maximum atomic E-state index is 13.0. The molecule has 0 aliphatic heterocycles. The van der Waals surface area contributed by atoms with Gasteiger partial charge in [-0.15, -0.1) is 5.10 Å². The van der Waals surface area contributed by atoms with Crippen LogP contribution in [0.25, 0.3) is 0 Å². The lowest BCUT2D eigenvalue weighted by Crippen LogP contribution is -2.11. The van der Waals surface area contributed by atoms with Crippen LogP contribution in [0.2, 0.25) is 0 Å². The highest BCUT2D eigenvalue weighted by Gasteiger charge is 2.07. The Bertz CT molecular complexity index is 301. The summed E-state index contributed by atoms with van der Waals surface area (Å²) in [6.07, 6.45) is 1.17. The molecule has 0 bridgehead atoms. The second-order valence-electron chi connectivity index (χ2n) is 2.88. The van der Waals surface area contributed by atoms with E-state index in [1.807, 2.05) is 6.07 Å². The van der Waals surface area contributed by atoms with Gasteiger partial charge in [-0.1, -0.05) is 5.21 Å². The van der Waals surface area contributed by atoms with Crippen molar-refractivity contribution >= 4 is 0 Å². The molecule has 0 saturated carbocycles. The molecule has 1 unspecified atom stereocenters. The van der Waals surface area contributed by atoms with E-state index in [4.69, 9.17) is 5.26 Å². The number of nitrogens with zero attached hydrogens (tertiary/aromatic N) is 4. The van der Waals surface area contributed by atoms with Crippen LogP contribution >= 0.6 is 0 Å². The van der Waals surface area contributed by atoms with Crippen molar-refractivity contribution in [1.29, 1.82) is 5.26 Å². The van der Waals surface area contributed by atoms with Gasteiger partial charge in [-0.2, -0.15) is 5.26 Å². The van der Waals surface area contributed by atoms with Crippen LogP contribution in [0.3, 0.4) is 0 Å². The number of rotatable bonds is 4. The van der Waals surface area contributed by atoms with Gasteiger partial charge in [-0.3, -0.25) is 0 Å². The number of halogens is 1. The third-order valence-corrected chi connectivity index (χ3v) is 1.61. The Hall–Kier alpha value is -1.44. The number of hydrogen-bond acceptors (Lipinski definition) is 3. The summed E-state index contributed by atoms with van der Waals surface area (Å²) in [6, 6.07) is 1.90. The number of aryl methyl sites for hydroxylation is 1. The molecule has 0 spiro atoms. The van der Waals surface area contributed by atoms with Crippen molar-refractivity contribution in [2.45, 2.75) is 32.5 Å². The Kier molecular flexibility index (Phi) is 3.38. The van der Waals surface area contributed by atoms with E-state index in [1.54, 1.807) is 13.1 Å². The molecule has 1 atom stereocenters. The van der Waals surface area contributed by atoms with E-state index >= 15 is 0 Å². The first-order valence-electron chi connectivity index (χ1n) is 4.10. The number of nitriles is 1. The van der Waals surface area contributed by atoms with Gasteiger partial charge in [0.1, 0.15) is 6.17 Å². The Labute approximate surface area is 76.0 Å². The van der Waals surface area contributed by atoms with Gasteiger partial charge in [0, 0.05) is 12.6 Å². The van der Waals surface area contributed by atoms with Crippen LogP contribution in [0, 0.1) is 18.3 Å². The molecule has 0 aliphatic carbocycles. The van der Waals surface area contributed by atoms with E-state index in [9.17, 15) is 4.39 Å². The molecule has 1 aromatic heterocycles. The van der Waals surface area contributed by atoms with Gasteiger partial charge in [0.25, 0.3) is 0 Å². The van der Waals surface area contributed by atoms with Crippen LogP contribution in [-0.4, -0.2) is 21.2 Å². The van der Waals surface area contributed by atoms with Gasteiger partial charge in [0.2, 0.25) is 0 Å². The molecule has 1 heterocycles. The Morgan fingerprint density at radius 2 is 2.54 bits per heavy atom. The predicted octanol–water partition coefficient (Wildman–Crippen LogP) is 1.23. The third-order valence-electron chi connectivity index (χ3n) is 1.61. The van der Waals surface area contributed by atoms with Crippen LogP contribution in [0.5, 0.6) is 0 Å². The first-order valence-corrected chi connectivity index (χ1v) is 4.10. The Balaban J connectivity index is 2.37. The fraction of sp³-hybridized carbons (Fsp3) is 0.625. The highest BCUT2D eigenvalue weighted by Crippen LogP contribution is 2.04. The van der Waals surface area contributed by atoms with Crippen molar-refractivity contribution < 1.29 is 4.39 Å². The van der Waals surface area contributed by atoms with Crippen LogP contribution in [0.15, 0.2) is 6.20 Å². The molecule has 70 valence electrons. The molecule has 0 aromatic carbocycles. The summed E-state index contributed by atoms with van der Waals surface area (Å²) in [5.41, 5.74) is 0.771. The summed E-state index contributed by atoms with van der Waals surface area (Å²) in [6.45, 7) is 1.98. The summed E-state index contributed by atoms with van der Waals surface area (Å²) in [7, 11) is 0. The molecule has 0 amide bonds. The van der Waals surface area contributed by atoms with Crippen LogP contribution in [-0.2, 0) is 6.54 Å². The van der Waals surface area contributed by atoms with Crippen molar-refractivity contribution in [2.75, 3.05) is 0 Å². The predicted molar refractivity (Wildman–Crippen MR) is 44.5 cm³/mol. The summed E-state index contributed by atoms with van der Waals surface area (Å²) in [5, 5.41) is 15.7.